The number of carbonyl (C=O) groups is 2. The fourth-order valence-corrected chi connectivity index (χ4v) is 2.25. The number of aryl methyl sites for hydroxylation is 1. The number of hydrogen-bond acceptors (Lipinski definition) is 5. The molecule has 0 radical (unpaired) electrons. The lowest BCUT2D eigenvalue weighted by atomic mass is 10.3. The third kappa shape index (κ3) is 3.16. The summed E-state index contributed by atoms with van der Waals surface area (Å²) in [6.07, 6.45) is 5.24. The van der Waals surface area contributed by atoms with Gasteiger partial charge >= 0.3 is 5.97 Å². The molecule has 1 aliphatic rings. The first-order chi connectivity index (χ1) is 10.5. The fraction of sp³-hybridized carbons (Fsp3) is 0.429. The summed E-state index contributed by atoms with van der Waals surface area (Å²) < 4.78 is 6.83. The largest absolute Gasteiger partial charge is 0.480 e. The maximum absolute atomic E-state index is 12.3. The van der Waals surface area contributed by atoms with Crippen molar-refractivity contribution < 1.29 is 19.2 Å². The first kappa shape index (κ1) is 14.3. The molecule has 0 aromatic carbocycles. The summed E-state index contributed by atoms with van der Waals surface area (Å²) in [5, 5.41) is 16.8. The Morgan fingerprint density at radius 3 is 2.86 bits per heavy atom. The number of amides is 1. The zero-order chi connectivity index (χ0) is 15.7. The Morgan fingerprint density at radius 1 is 1.50 bits per heavy atom. The van der Waals surface area contributed by atoms with E-state index in [1.54, 1.807) is 10.9 Å². The van der Waals surface area contributed by atoms with E-state index in [1.807, 2.05) is 13.1 Å². The van der Waals surface area contributed by atoms with E-state index in [-0.39, 0.29) is 18.3 Å². The van der Waals surface area contributed by atoms with Crippen LogP contribution < -0.4 is 0 Å². The zero-order valence-corrected chi connectivity index (χ0v) is 12.1. The maximum atomic E-state index is 12.3. The highest BCUT2D eigenvalue weighted by Gasteiger charge is 2.35. The van der Waals surface area contributed by atoms with Gasteiger partial charge in [-0.1, -0.05) is 5.16 Å². The van der Waals surface area contributed by atoms with E-state index >= 15 is 0 Å². The summed E-state index contributed by atoms with van der Waals surface area (Å²) in [7, 11) is 0. The minimum absolute atomic E-state index is 0.00230. The molecule has 8 heteroatoms. The van der Waals surface area contributed by atoms with Crippen LogP contribution in [0.25, 0.3) is 0 Å². The van der Waals surface area contributed by atoms with E-state index in [0.29, 0.717) is 12.3 Å². The summed E-state index contributed by atoms with van der Waals surface area (Å²) >= 11 is 0. The van der Waals surface area contributed by atoms with Gasteiger partial charge in [-0.3, -0.25) is 14.3 Å². The lowest BCUT2D eigenvalue weighted by molar-refractivity contribution is -0.137. The van der Waals surface area contributed by atoms with E-state index in [4.69, 9.17) is 9.63 Å². The van der Waals surface area contributed by atoms with E-state index < -0.39 is 11.9 Å². The van der Waals surface area contributed by atoms with Crippen LogP contribution >= 0.6 is 0 Å². The minimum atomic E-state index is -1.03. The molecular formula is C14H16N4O4. The molecule has 0 bridgehead atoms. The van der Waals surface area contributed by atoms with Crippen LogP contribution in [0.15, 0.2) is 23.0 Å². The molecule has 8 nitrogen and oxygen atoms in total. The normalized spacial score (nSPS) is 14.0. The lowest BCUT2D eigenvalue weighted by Crippen LogP contribution is -2.37. The van der Waals surface area contributed by atoms with Crippen LogP contribution in [0.1, 0.15) is 34.7 Å². The van der Waals surface area contributed by atoms with Gasteiger partial charge in [-0.05, 0) is 25.3 Å². The standard InChI is InChI=1S/C14H16N4O4/c1-9-5-15-17(6-9)7-11-4-12(16-22-11)14(21)18(8-13(19)20)10-2-3-10/h4-6,10H,2-3,7-8H2,1H3,(H,19,20). The highest BCUT2D eigenvalue weighted by atomic mass is 16.5. The topological polar surface area (TPSA) is 101 Å². The average molecular weight is 304 g/mol. The SMILES string of the molecule is Cc1cnn(Cc2cc(C(=O)N(CC(=O)O)C3CC3)no2)c1. The highest BCUT2D eigenvalue weighted by molar-refractivity contribution is 5.94. The number of carboxylic acid groups (broad SMARTS) is 1. The summed E-state index contributed by atoms with van der Waals surface area (Å²) in [5.74, 6) is -0.940. The van der Waals surface area contributed by atoms with Crippen molar-refractivity contribution in [2.45, 2.75) is 32.4 Å². The van der Waals surface area contributed by atoms with E-state index in [9.17, 15) is 9.59 Å². The molecule has 1 fully saturated rings. The van der Waals surface area contributed by atoms with Gasteiger partial charge in [-0.15, -0.1) is 0 Å². The second-order valence-corrected chi connectivity index (χ2v) is 5.45. The molecule has 0 saturated heterocycles. The fourth-order valence-electron chi connectivity index (χ4n) is 2.25. The van der Waals surface area contributed by atoms with Gasteiger partial charge in [0.15, 0.2) is 11.5 Å². The molecule has 3 rings (SSSR count). The van der Waals surface area contributed by atoms with Gasteiger partial charge < -0.3 is 14.5 Å². The third-order valence-electron chi connectivity index (χ3n) is 3.41. The molecular weight excluding hydrogens is 288 g/mol. The number of aromatic nitrogens is 3. The van der Waals surface area contributed by atoms with Crippen molar-refractivity contribution in [3.63, 3.8) is 0 Å². The van der Waals surface area contributed by atoms with Gasteiger partial charge in [0.05, 0.1) is 6.20 Å². The van der Waals surface area contributed by atoms with Gasteiger partial charge in [0, 0.05) is 18.3 Å². The molecule has 0 atom stereocenters. The Balaban J connectivity index is 1.71. The van der Waals surface area contributed by atoms with Crippen molar-refractivity contribution in [2.24, 2.45) is 0 Å². The van der Waals surface area contributed by atoms with Crippen LogP contribution in [-0.4, -0.2) is 49.4 Å². The van der Waals surface area contributed by atoms with Crippen LogP contribution in [0.5, 0.6) is 0 Å². The van der Waals surface area contributed by atoms with Crippen molar-refractivity contribution in [3.8, 4) is 0 Å². The van der Waals surface area contributed by atoms with Crippen LogP contribution in [0.2, 0.25) is 0 Å². The van der Waals surface area contributed by atoms with Gasteiger partial charge in [0.25, 0.3) is 5.91 Å². The molecule has 1 saturated carbocycles. The highest BCUT2D eigenvalue weighted by Crippen LogP contribution is 2.28. The maximum Gasteiger partial charge on any atom is 0.323 e. The third-order valence-corrected chi connectivity index (χ3v) is 3.41. The first-order valence-electron chi connectivity index (χ1n) is 7.00. The van der Waals surface area contributed by atoms with Crippen molar-refractivity contribution in [1.29, 1.82) is 0 Å². The monoisotopic (exact) mass is 304 g/mol. The quantitative estimate of drug-likeness (QED) is 0.851. The molecule has 0 spiro atoms. The molecule has 1 N–H and O–H groups in total. The summed E-state index contributed by atoms with van der Waals surface area (Å²) in [6, 6.07) is 1.54. The molecule has 22 heavy (non-hydrogen) atoms. The van der Waals surface area contributed by atoms with Crippen LogP contribution in [0, 0.1) is 6.92 Å². The molecule has 2 heterocycles. The minimum Gasteiger partial charge on any atom is -0.480 e. The Hall–Kier alpha value is -2.64. The second kappa shape index (κ2) is 5.63. The first-order valence-corrected chi connectivity index (χ1v) is 7.00. The number of carbonyl (C=O) groups excluding carboxylic acids is 1. The van der Waals surface area contributed by atoms with Gasteiger partial charge in [-0.2, -0.15) is 5.10 Å². The predicted octanol–water partition coefficient (Wildman–Crippen LogP) is 0.917. The number of carboxylic acids is 1. The second-order valence-electron chi connectivity index (χ2n) is 5.45. The summed E-state index contributed by atoms with van der Waals surface area (Å²) in [4.78, 5) is 24.6. The van der Waals surface area contributed by atoms with Crippen LogP contribution in [-0.2, 0) is 11.3 Å². The number of nitrogens with zero attached hydrogens (tertiary/aromatic N) is 4. The Morgan fingerprint density at radius 2 is 2.27 bits per heavy atom. The lowest BCUT2D eigenvalue weighted by Gasteiger charge is -2.18. The summed E-state index contributed by atoms with van der Waals surface area (Å²) in [5.41, 5.74) is 1.16. The molecule has 116 valence electrons. The smallest absolute Gasteiger partial charge is 0.323 e. The molecule has 1 amide bonds. The van der Waals surface area contributed by atoms with E-state index in [2.05, 4.69) is 10.3 Å². The van der Waals surface area contributed by atoms with Gasteiger partial charge in [0.1, 0.15) is 13.1 Å². The predicted molar refractivity (Wildman–Crippen MR) is 74.3 cm³/mol. The number of aliphatic carboxylic acids is 1. The van der Waals surface area contributed by atoms with Crippen molar-refractivity contribution in [1.82, 2.24) is 19.8 Å². The number of rotatable bonds is 6. The van der Waals surface area contributed by atoms with Crippen LogP contribution in [0.4, 0.5) is 0 Å². The molecule has 1 aliphatic carbocycles. The molecule has 0 unspecified atom stereocenters. The number of hydrogen-bond donors (Lipinski definition) is 1. The van der Waals surface area contributed by atoms with E-state index in [0.717, 1.165) is 18.4 Å². The van der Waals surface area contributed by atoms with Gasteiger partial charge in [0.2, 0.25) is 0 Å². The van der Waals surface area contributed by atoms with E-state index in [1.165, 1.54) is 11.0 Å². The summed E-state index contributed by atoms with van der Waals surface area (Å²) in [6.45, 7) is 1.98. The van der Waals surface area contributed by atoms with Gasteiger partial charge in [-0.25, -0.2) is 0 Å². The Kier molecular flexibility index (Phi) is 3.66. The van der Waals surface area contributed by atoms with Crippen LogP contribution in [0.3, 0.4) is 0 Å². The molecule has 2 aromatic heterocycles. The van der Waals surface area contributed by atoms with Crippen molar-refractivity contribution in [2.75, 3.05) is 6.54 Å². The zero-order valence-electron chi connectivity index (χ0n) is 12.1. The van der Waals surface area contributed by atoms with Crippen molar-refractivity contribution >= 4 is 11.9 Å². The molecule has 2 aromatic rings. The Labute approximate surface area is 126 Å². The average Bonchev–Trinajstić information content (AvgIpc) is 3.07. The Bertz CT molecular complexity index is 701. The van der Waals surface area contributed by atoms with Crippen molar-refractivity contribution in [3.05, 3.63) is 35.5 Å². The molecule has 0 aliphatic heterocycles.